The number of carbonyl (C=O) groups is 1. The lowest BCUT2D eigenvalue weighted by molar-refractivity contribution is -0.132. The number of amides is 1. The first kappa shape index (κ1) is 14.0. The van der Waals surface area contributed by atoms with Crippen molar-refractivity contribution in [1.29, 1.82) is 0 Å². The van der Waals surface area contributed by atoms with Gasteiger partial charge in [0.25, 0.3) is 0 Å². The molecule has 6 heteroatoms. The number of nitrogens with zero attached hydrogens (tertiary/aromatic N) is 3. The number of aryl methyl sites for hydroxylation is 1. The van der Waals surface area contributed by atoms with Crippen molar-refractivity contribution in [1.82, 2.24) is 25.4 Å². The van der Waals surface area contributed by atoms with Crippen LogP contribution in [-0.4, -0.2) is 40.3 Å². The normalized spacial score (nSPS) is 22.9. The van der Waals surface area contributed by atoms with E-state index in [1.807, 2.05) is 7.05 Å². The minimum absolute atomic E-state index is 0.156. The largest absolute Gasteiger partial charge is 0.355 e. The molecule has 1 saturated heterocycles. The van der Waals surface area contributed by atoms with Crippen LogP contribution in [0.3, 0.4) is 0 Å². The SMILES string of the molecule is CC(C)C1(C(=O)NCCc2ncn(C)n2)CCNC1. The summed E-state index contributed by atoms with van der Waals surface area (Å²) in [6.45, 7) is 6.53. The predicted octanol–water partition coefficient (Wildman–Crippen LogP) is 0.110. The predicted molar refractivity (Wildman–Crippen MR) is 72.5 cm³/mol. The lowest BCUT2D eigenvalue weighted by Crippen LogP contribution is -2.46. The highest BCUT2D eigenvalue weighted by Gasteiger charge is 2.43. The second-order valence-electron chi connectivity index (χ2n) is 5.58. The Morgan fingerprint density at radius 3 is 2.95 bits per heavy atom. The molecule has 1 unspecified atom stereocenters. The summed E-state index contributed by atoms with van der Waals surface area (Å²) in [6.07, 6.45) is 3.26. The summed E-state index contributed by atoms with van der Waals surface area (Å²) in [5.74, 6) is 1.27. The Morgan fingerprint density at radius 1 is 1.63 bits per heavy atom. The molecular weight excluding hydrogens is 242 g/mol. The van der Waals surface area contributed by atoms with Crippen LogP contribution in [0.15, 0.2) is 6.33 Å². The molecule has 1 aromatic heterocycles. The van der Waals surface area contributed by atoms with E-state index in [1.165, 1.54) is 0 Å². The van der Waals surface area contributed by atoms with Crippen molar-refractivity contribution in [2.45, 2.75) is 26.7 Å². The molecule has 1 aliphatic rings. The average Bonchev–Trinajstić information content (AvgIpc) is 2.98. The molecule has 2 rings (SSSR count). The van der Waals surface area contributed by atoms with Crippen molar-refractivity contribution in [2.75, 3.05) is 19.6 Å². The zero-order valence-electron chi connectivity index (χ0n) is 11.9. The first-order valence-electron chi connectivity index (χ1n) is 6.88. The molecule has 0 radical (unpaired) electrons. The van der Waals surface area contributed by atoms with E-state index in [4.69, 9.17) is 0 Å². The number of aromatic nitrogens is 3. The van der Waals surface area contributed by atoms with Crippen LogP contribution < -0.4 is 10.6 Å². The maximum Gasteiger partial charge on any atom is 0.227 e. The first-order chi connectivity index (χ1) is 9.04. The van der Waals surface area contributed by atoms with E-state index < -0.39 is 0 Å². The summed E-state index contributed by atoms with van der Waals surface area (Å²) in [6, 6.07) is 0. The van der Waals surface area contributed by atoms with Crippen molar-refractivity contribution in [3.05, 3.63) is 12.2 Å². The van der Waals surface area contributed by atoms with E-state index in [-0.39, 0.29) is 11.3 Å². The fraction of sp³-hybridized carbons (Fsp3) is 0.769. The van der Waals surface area contributed by atoms with Gasteiger partial charge >= 0.3 is 0 Å². The molecule has 1 amide bonds. The summed E-state index contributed by atoms with van der Waals surface area (Å²) in [5, 5.41) is 10.5. The van der Waals surface area contributed by atoms with Crippen molar-refractivity contribution in [3.8, 4) is 0 Å². The molecule has 1 aromatic rings. The molecule has 1 aliphatic heterocycles. The van der Waals surface area contributed by atoms with E-state index in [0.717, 1.165) is 25.3 Å². The summed E-state index contributed by atoms with van der Waals surface area (Å²) in [4.78, 5) is 16.6. The Labute approximate surface area is 114 Å². The van der Waals surface area contributed by atoms with Crippen LogP contribution in [-0.2, 0) is 18.3 Å². The zero-order valence-corrected chi connectivity index (χ0v) is 11.9. The van der Waals surface area contributed by atoms with Crippen LogP contribution in [0.4, 0.5) is 0 Å². The highest BCUT2D eigenvalue weighted by Crippen LogP contribution is 2.34. The van der Waals surface area contributed by atoms with Gasteiger partial charge in [-0.25, -0.2) is 4.98 Å². The van der Waals surface area contributed by atoms with Crippen molar-refractivity contribution >= 4 is 5.91 Å². The Hall–Kier alpha value is -1.43. The molecule has 19 heavy (non-hydrogen) atoms. The van der Waals surface area contributed by atoms with Crippen LogP contribution in [0.1, 0.15) is 26.1 Å². The van der Waals surface area contributed by atoms with Gasteiger partial charge in [0.1, 0.15) is 6.33 Å². The minimum Gasteiger partial charge on any atom is -0.355 e. The van der Waals surface area contributed by atoms with Crippen LogP contribution in [0, 0.1) is 11.3 Å². The highest BCUT2D eigenvalue weighted by molar-refractivity contribution is 5.83. The molecule has 6 nitrogen and oxygen atoms in total. The van der Waals surface area contributed by atoms with Crippen LogP contribution in [0.2, 0.25) is 0 Å². The second kappa shape index (κ2) is 5.69. The third-order valence-corrected chi connectivity index (χ3v) is 4.03. The van der Waals surface area contributed by atoms with Crippen molar-refractivity contribution < 1.29 is 4.79 Å². The summed E-state index contributed by atoms with van der Waals surface area (Å²) >= 11 is 0. The van der Waals surface area contributed by atoms with Crippen molar-refractivity contribution in [2.24, 2.45) is 18.4 Å². The topological polar surface area (TPSA) is 71.8 Å². The Balaban J connectivity index is 1.86. The number of nitrogens with one attached hydrogen (secondary N) is 2. The standard InChI is InChI=1S/C13H23N5O/c1-10(2)13(5-7-14-8-13)12(19)15-6-4-11-16-9-18(3)17-11/h9-10,14H,4-8H2,1-3H3,(H,15,19). The highest BCUT2D eigenvalue weighted by atomic mass is 16.2. The van der Waals surface area contributed by atoms with Gasteiger partial charge in [-0.1, -0.05) is 13.8 Å². The molecule has 0 spiro atoms. The van der Waals surface area contributed by atoms with Gasteiger partial charge in [0.15, 0.2) is 5.82 Å². The van der Waals surface area contributed by atoms with E-state index in [0.29, 0.717) is 18.9 Å². The van der Waals surface area contributed by atoms with Gasteiger partial charge in [-0.2, -0.15) is 5.10 Å². The van der Waals surface area contributed by atoms with Gasteiger partial charge in [0, 0.05) is 26.6 Å². The molecule has 106 valence electrons. The maximum atomic E-state index is 12.4. The fourth-order valence-corrected chi connectivity index (χ4v) is 2.62. The van der Waals surface area contributed by atoms with Gasteiger partial charge < -0.3 is 10.6 Å². The molecular formula is C13H23N5O. The summed E-state index contributed by atoms with van der Waals surface area (Å²) in [5.41, 5.74) is -0.252. The van der Waals surface area contributed by atoms with Gasteiger partial charge in [0.05, 0.1) is 5.41 Å². The molecule has 1 fully saturated rings. The smallest absolute Gasteiger partial charge is 0.227 e. The lowest BCUT2D eigenvalue weighted by atomic mass is 9.75. The molecule has 2 heterocycles. The van der Waals surface area contributed by atoms with Gasteiger partial charge in [0.2, 0.25) is 5.91 Å². The lowest BCUT2D eigenvalue weighted by Gasteiger charge is -2.31. The van der Waals surface area contributed by atoms with Crippen LogP contribution >= 0.6 is 0 Å². The molecule has 1 atom stereocenters. The van der Waals surface area contributed by atoms with E-state index >= 15 is 0 Å². The maximum absolute atomic E-state index is 12.4. The number of hydrogen-bond donors (Lipinski definition) is 2. The summed E-state index contributed by atoms with van der Waals surface area (Å²) < 4.78 is 1.67. The Kier molecular flexibility index (Phi) is 4.19. The number of hydrogen-bond acceptors (Lipinski definition) is 4. The van der Waals surface area contributed by atoms with Crippen LogP contribution in [0.5, 0.6) is 0 Å². The quantitative estimate of drug-likeness (QED) is 0.792. The Bertz CT molecular complexity index is 434. The van der Waals surface area contributed by atoms with Gasteiger partial charge in [-0.3, -0.25) is 9.48 Å². The van der Waals surface area contributed by atoms with E-state index in [2.05, 4.69) is 34.6 Å². The summed E-state index contributed by atoms with van der Waals surface area (Å²) in [7, 11) is 1.84. The third-order valence-electron chi connectivity index (χ3n) is 4.03. The molecule has 0 bridgehead atoms. The zero-order chi connectivity index (χ0) is 13.9. The fourth-order valence-electron chi connectivity index (χ4n) is 2.62. The number of rotatable bonds is 5. The Morgan fingerprint density at radius 2 is 2.42 bits per heavy atom. The minimum atomic E-state index is -0.252. The average molecular weight is 265 g/mol. The van der Waals surface area contributed by atoms with E-state index in [9.17, 15) is 4.79 Å². The molecule has 2 N–H and O–H groups in total. The van der Waals surface area contributed by atoms with Gasteiger partial charge in [-0.05, 0) is 18.9 Å². The molecule has 0 aromatic carbocycles. The molecule has 0 saturated carbocycles. The van der Waals surface area contributed by atoms with Crippen molar-refractivity contribution in [3.63, 3.8) is 0 Å². The number of carbonyl (C=O) groups excluding carboxylic acids is 1. The van der Waals surface area contributed by atoms with Crippen LogP contribution in [0.25, 0.3) is 0 Å². The van der Waals surface area contributed by atoms with Gasteiger partial charge in [-0.15, -0.1) is 0 Å². The monoisotopic (exact) mass is 265 g/mol. The second-order valence-corrected chi connectivity index (χ2v) is 5.58. The third kappa shape index (κ3) is 2.94. The first-order valence-corrected chi connectivity index (χ1v) is 6.88. The molecule has 0 aliphatic carbocycles. The van der Waals surface area contributed by atoms with E-state index in [1.54, 1.807) is 11.0 Å².